The van der Waals surface area contributed by atoms with Crippen LogP contribution in [0.15, 0.2) is 133 Å². The van der Waals surface area contributed by atoms with E-state index in [-0.39, 0.29) is 13.3 Å². The Kier molecular flexibility index (Phi) is 7.64. The van der Waals surface area contributed by atoms with Gasteiger partial charge in [0.15, 0.2) is 0 Å². The Morgan fingerprint density at radius 2 is 0.914 bits per heavy atom. The number of nitrogen functional groups attached to an aromatic ring is 1. The molecule has 0 spiro atoms. The van der Waals surface area contributed by atoms with Gasteiger partial charge in [0.1, 0.15) is 0 Å². The second kappa shape index (κ2) is 11.2. The van der Waals surface area contributed by atoms with E-state index in [9.17, 15) is 0 Å². The van der Waals surface area contributed by atoms with Crippen molar-refractivity contribution in [3.05, 3.63) is 161 Å². The van der Waals surface area contributed by atoms with Crippen molar-refractivity contribution in [3.63, 3.8) is 0 Å². The van der Waals surface area contributed by atoms with Gasteiger partial charge in [-0.1, -0.05) is 104 Å². The van der Waals surface area contributed by atoms with Crippen molar-refractivity contribution >= 4 is 17.1 Å². The van der Waals surface area contributed by atoms with Crippen molar-refractivity contribution in [3.8, 4) is 0 Å². The molecule has 5 aromatic rings. The number of benzene rings is 5. The Morgan fingerprint density at radius 3 is 1.49 bits per heavy atom. The van der Waals surface area contributed by atoms with Gasteiger partial charge in [0, 0.05) is 23.0 Å². The third kappa shape index (κ3) is 5.99. The third-order valence-corrected chi connectivity index (χ3v) is 6.14. The number of para-hydroxylation sites is 1. The van der Waals surface area contributed by atoms with Crippen LogP contribution in [0.3, 0.4) is 0 Å². The van der Waals surface area contributed by atoms with Crippen LogP contribution in [-0.4, -0.2) is 0 Å². The number of nitrogens with two attached hydrogens (primary N) is 1. The molecule has 1 atom stereocenters. The van der Waals surface area contributed by atoms with E-state index in [0.29, 0.717) is 0 Å². The van der Waals surface area contributed by atoms with Crippen molar-refractivity contribution < 1.29 is 0 Å². The van der Waals surface area contributed by atoms with Crippen LogP contribution >= 0.6 is 0 Å². The normalized spacial score (nSPS) is 11.3. The number of nitrogens with one attached hydrogen (secondary N) is 1. The molecular formula is C33H32N2. The lowest BCUT2D eigenvalue weighted by molar-refractivity contribution is 0.974. The van der Waals surface area contributed by atoms with Gasteiger partial charge in [0.25, 0.3) is 0 Å². The molecule has 2 nitrogen and oxygen atoms in total. The molecule has 0 radical (unpaired) electrons. The zero-order chi connectivity index (χ0) is 23.2. The maximum absolute atomic E-state index is 5.98. The minimum absolute atomic E-state index is 0. The molecule has 0 aliphatic heterocycles. The molecule has 0 fully saturated rings. The predicted octanol–water partition coefficient (Wildman–Crippen LogP) is 8.42. The average Bonchev–Trinajstić information content (AvgIpc) is 2.89. The monoisotopic (exact) mass is 456 g/mol. The first-order chi connectivity index (χ1) is 16.7. The maximum Gasteiger partial charge on any atom is 0.0384 e. The van der Waals surface area contributed by atoms with Gasteiger partial charge in [-0.3, -0.25) is 0 Å². The lowest BCUT2D eigenvalue weighted by Gasteiger charge is -2.20. The maximum atomic E-state index is 5.98. The molecule has 174 valence electrons. The van der Waals surface area contributed by atoms with Crippen LogP contribution in [-0.2, 0) is 6.42 Å². The van der Waals surface area contributed by atoms with Crippen LogP contribution < -0.4 is 11.1 Å². The highest BCUT2D eigenvalue weighted by atomic mass is 14.9. The standard InChI is InChI=1S/C32H28N2.CH4/c33-29-19-15-27(16-20-29)32(26-13-11-25(12-14-26)23-24-7-3-1-4-8-24)28-17-21-31(22-18-28)34-30-9-5-2-6-10-30;/h1-22,32,34H,23,33H2;1H4. The molecular weight excluding hydrogens is 424 g/mol. The number of anilines is 3. The van der Waals surface area contributed by atoms with E-state index in [0.717, 1.165) is 23.5 Å². The van der Waals surface area contributed by atoms with Gasteiger partial charge in [0.2, 0.25) is 0 Å². The Labute approximate surface area is 209 Å². The fraction of sp³-hybridized carbons (Fsp3) is 0.0909. The van der Waals surface area contributed by atoms with E-state index < -0.39 is 0 Å². The minimum Gasteiger partial charge on any atom is -0.399 e. The molecule has 0 aliphatic carbocycles. The first-order valence-corrected chi connectivity index (χ1v) is 11.6. The molecule has 0 amide bonds. The first kappa shape index (κ1) is 23.8. The van der Waals surface area contributed by atoms with E-state index in [1.165, 1.54) is 27.8 Å². The van der Waals surface area contributed by atoms with E-state index in [4.69, 9.17) is 5.73 Å². The van der Waals surface area contributed by atoms with Crippen LogP contribution in [0.2, 0.25) is 0 Å². The quantitative estimate of drug-likeness (QED) is 0.190. The molecule has 5 rings (SSSR count). The minimum atomic E-state index is 0. The van der Waals surface area contributed by atoms with Crippen LogP contribution in [0.25, 0.3) is 0 Å². The molecule has 1 unspecified atom stereocenters. The van der Waals surface area contributed by atoms with Gasteiger partial charge in [-0.25, -0.2) is 0 Å². The molecule has 0 aromatic heterocycles. The zero-order valence-electron chi connectivity index (χ0n) is 19.1. The summed E-state index contributed by atoms with van der Waals surface area (Å²) in [6.07, 6.45) is 0.938. The van der Waals surface area contributed by atoms with Crippen molar-refractivity contribution in [2.24, 2.45) is 0 Å². The first-order valence-electron chi connectivity index (χ1n) is 11.6. The summed E-state index contributed by atoms with van der Waals surface area (Å²) >= 11 is 0. The second-order valence-corrected chi connectivity index (χ2v) is 8.62. The highest BCUT2D eigenvalue weighted by Gasteiger charge is 2.17. The topological polar surface area (TPSA) is 38.0 Å². The summed E-state index contributed by atoms with van der Waals surface area (Å²) in [6, 6.07) is 46.8. The number of hydrogen-bond donors (Lipinski definition) is 2. The Hall–Kier alpha value is -4.30. The molecule has 0 aliphatic rings. The van der Waals surface area contributed by atoms with Crippen molar-refractivity contribution in [1.29, 1.82) is 0 Å². The number of rotatable bonds is 7. The largest absolute Gasteiger partial charge is 0.399 e. The summed E-state index contributed by atoms with van der Waals surface area (Å²) < 4.78 is 0. The van der Waals surface area contributed by atoms with Crippen LogP contribution in [0.1, 0.15) is 41.2 Å². The SMILES string of the molecule is C.Nc1ccc(C(c2ccc(Cc3ccccc3)cc2)c2ccc(Nc3ccccc3)cc2)cc1. The summed E-state index contributed by atoms with van der Waals surface area (Å²) in [7, 11) is 0. The summed E-state index contributed by atoms with van der Waals surface area (Å²) in [5, 5.41) is 3.47. The van der Waals surface area contributed by atoms with Crippen molar-refractivity contribution in [1.82, 2.24) is 0 Å². The highest BCUT2D eigenvalue weighted by Crippen LogP contribution is 2.33. The molecule has 3 N–H and O–H groups in total. The third-order valence-electron chi connectivity index (χ3n) is 6.14. The number of hydrogen-bond acceptors (Lipinski definition) is 2. The predicted molar refractivity (Wildman–Crippen MR) is 150 cm³/mol. The Balaban J connectivity index is 0.00000289. The fourth-order valence-corrected chi connectivity index (χ4v) is 4.37. The van der Waals surface area contributed by atoms with E-state index >= 15 is 0 Å². The second-order valence-electron chi connectivity index (χ2n) is 8.62. The van der Waals surface area contributed by atoms with Gasteiger partial charge < -0.3 is 11.1 Å². The van der Waals surface area contributed by atoms with Crippen LogP contribution in [0, 0.1) is 0 Å². The lowest BCUT2D eigenvalue weighted by Crippen LogP contribution is -2.04. The summed E-state index contributed by atoms with van der Waals surface area (Å²) in [4.78, 5) is 0. The summed E-state index contributed by atoms with van der Waals surface area (Å²) in [5.41, 5.74) is 15.3. The van der Waals surface area contributed by atoms with E-state index in [1.54, 1.807) is 0 Å². The van der Waals surface area contributed by atoms with Gasteiger partial charge in [0.05, 0.1) is 0 Å². The molecule has 2 heteroatoms. The highest BCUT2D eigenvalue weighted by molar-refractivity contribution is 5.60. The summed E-state index contributed by atoms with van der Waals surface area (Å²) in [5.74, 6) is 0.136. The summed E-state index contributed by atoms with van der Waals surface area (Å²) in [6.45, 7) is 0. The van der Waals surface area contributed by atoms with Gasteiger partial charge in [-0.05, 0) is 70.6 Å². The van der Waals surface area contributed by atoms with Crippen molar-refractivity contribution in [2.75, 3.05) is 11.1 Å². The fourth-order valence-electron chi connectivity index (χ4n) is 4.37. The van der Waals surface area contributed by atoms with E-state index in [2.05, 4.69) is 108 Å². The molecule has 0 saturated heterocycles. The zero-order valence-corrected chi connectivity index (χ0v) is 19.1. The van der Waals surface area contributed by atoms with E-state index in [1.807, 2.05) is 30.3 Å². The average molecular weight is 457 g/mol. The molecule has 35 heavy (non-hydrogen) atoms. The van der Waals surface area contributed by atoms with Crippen molar-refractivity contribution in [2.45, 2.75) is 19.8 Å². The lowest BCUT2D eigenvalue weighted by atomic mass is 9.84. The van der Waals surface area contributed by atoms with Gasteiger partial charge in [-0.15, -0.1) is 0 Å². The molecule has 0 bridgehead atoms. The molecule has 0 heterocycles. The van der Waals surface area contributed by atoms with Crippen LogP contribution in [0.5, 0.6) is 0 Å². The van der Waals surface area contributed by atoms with Gasteiger partial charge in [-0.2, -0.15) is 0 Å². The molecule has 5 aromatic carbocycles. The smallest absolute Gasteiger partial charge is 0.0384 e. The molecule has 0 saturated carbocycles. The van der Waals surface area contributed by atoms with Gasteiger partial charge >= 0.3 is 0 Å². The van der Waals surface area contributed by atoms with Crippen LogP contribution in [0.4, 0.5) is 17.1 Å². The Morgan fingerprint density at radius 1 is 0.486 bits per heavy atom. The Bertz CT molecular complexity index is 1220.